The Labute approximate surface area is 165 Å². The predicted molar refractivity (Wildman–Crippen MR) is 110 cm³/mol. The zero-order chi connectivity index (χ0) is 18.8. The number of nitrogens with zero attached hydrogens (tertiary/aromatic N) is 2. The maximum absolute atomic E-state index is 12.9. The average molecular weight is 385 g/mol. The molecule has 5 heteroatoms. The van der Waals surface area contributed by atoms with Crippen molar-refractivity contribution < 1.29 is 9.53 Å². The van der Waals surface area contributed by atoms with Crippen molar-refractivity contribution >= 4 is 17.2 Å². The first kappa shape index (κ1) is 18.5. The Hall–Kier alpha value is -1.85. The van der Waals surface area contributed by atoms with E-state index in [1.807, 2.05) is 17.0 Å². The Bertz CT molecular complexity index is 791. The van der Waals surface area contributed by atoms with Crippen molar-refractivity contribution in [3.05, 3.63) is 51.2 Å². The molecule has 27 heavy (non-hydrogen) atoms. The summed E-state index contributed by atoms with van der Waals surface area (Å²) in [4.78, 5) is 19.8. The number of methoxy groups -OCH3 is 1. The highest BCUT2D eigenvalue weighted by Crippen LogP contribution is 2.32. The van der Waals surface area contributed by atoms with Crippen molar-refractivity contribution in [2.24, 2.45) is 5.92 Å². The van der Waals surface area contributed by atoms with E-state index in [4.69, 9.17) is 4.74 Å². The number of aryl methyl sites for hydroxylation is 1. The number of rotatable bonds is 4. The molecule has 1 aliphatic heterocycles. The fourth-order valence-corrected chi connectivity index (χ4v) is 5.24. The van der Waals surface area contributed by atoms with Crippen LogP contribution in [0.2, 0.25) is 0 Å². The quantitative estimate of drug-likeness (QED) is 0.803. The van der Waals surface area contributed by atoms with Crippen LogP contribution in [0.15, 0.2) is 30.3 Å². The van der Waals surface area contributed by atoms with Crippen LogP contribution in [0.1, 0.15) is 39.0 Å². The van der Waals surface area contributed by atoms with E-state index in [1.54, 1.807) is 18.4 Å². The normalized spacial score (nSPS) is 20.4. The minimum atomic E-state index is 0.228. The number of carbonyl (C=O) groups is 1. The molecule has 1 amide bonds. The highest BCUT2D eigenvalue weighted by molar-refractivity contribution is 7.14. The molecule has 1 aromatic carbocycles. The van der Waals surface area contributed by atoms with Gasteiger partial charge in [-0.2, -0.15) is 0 Å². The van der Waals surface area contributed by atoms with Crippen LogP contribution in [0, 0.1) is 5.92 Å². The SMILES string of the molecule is COc1ccc(CN2CCN(C(=O)c3cc4c(s3)CC[C@H](C)C4)CC2)cc1. The standard InChI is InChI=1S/C22H28N2O2S/c1-16-3-8-20-18(13-16)14-21(27-20)22(25)24-11-9-23(10-12-24)15-17-4-6-19(26-2)7-5-17/h4-7,14,16H,3,8-13,15H2,1-2H3/t16-/m0/s1. The molecule has 0 radical (unpaired) electrons. The third-order valence-electron chi connectivity index (χ3n) is 5.76. The van der Waals surface area contributed by atoms with Crippen LogP contribution in [0.25, 0.3) is 0 Å². The minimum Gasteiger partial charge on any atom is -0.497 e. The van der Waals surface area contributed by atoms with E-state index in [2.05, 4.69) is 30.0 Å². The Morgan fingerprint density at radius 2 is 1.93 bits per heavy atom. The molecule has 144 valence electrons. The van der Waals surface area contributed by atoms with Crippen molar-refractivity contribution in [1.29, 1.82) is 0 Å². The summed E-state index contributed by atoms with van der Waals surface area (Å²) < 4.78 is 5.22. The highest BCUT2D eigenvalue weighted by atomic mass is 32.1. The minimum absolute atomic E-state index is 0.228. The highest BCUT2D eigenvalue weighted by Gasteiger charge is 2.26. The molecule has 0 N–H and O–H groups in total. The van der Waals surface area contributed by atoms with Gasteiger partial charge in [0.15, 0.2) is 0 Å². The van der Waals surface area contributed by atoms with E-state index in [-0.39, 0.29) is 5.91 Å². The van der Waals surface area contributed by atoms with Crippen molar-refractivity contribution in [3.63, 3.8) is 0 Å². The van der Waals surface area contributed by atoms with Crippen molar-refractivity contribution in [2.75, 3.05) is 33.3 Å². The maximum atomic E-state index is 12.9. The fourth-order valence-electron chi connectivity index (χ4n) is 4.07. The average Bonchev–Trinajstić information content (AvgIpc) is 3.12. The van der Waals surface area contributed by atoms with Crippen LogP contribution in [-0.4, -0.2) is 49.0 Å². The summed E-state index contributed by atoms with van der Waals surface area (Å²) in [6, 6.07) is 10.4. The topological polar surface area (TPSA) is 32.8 Å². The smallest absolute Gasteiger partial charge is 0.264 e. The molecule has 2 aliphatic rings. The van der Waals surface area contributed by atoms with E-state index >= 15 is 0 Å². The number of benzene rings is 1. The van der Waals surface area contributed by atoms with E-state index in [9.17, 15) is 4.79 Å². The summed E-state index contributed by atoms with van der Waals surface area (Å²) in [5.41, 5.74) is 2.70. The third kappa shape index (κ3) is 4.19. The zero-order valence-corrected chi connectivity index (χ0v) is 17.1. The molecular weight excluding hydrogens is 356 g/mol. The number of hydrogen-bond acceptors (Lipinski definition) is 4. The van der Waals surface area contributed by atoms with E-state index in [0.717, 1.165) is 62.1 Å². The lowest BCUT2D eigenvalue weighted by Crippen LogP contribution is -2.48. The van der Waals surface area contributed by atoms with E-state index in [1.165, 1.54) is 22.4 Å². The van der Waals surface area contributed by atoms with Gasteiger partial charge in [-0.05, 0) is 54.5 Å². The van der Waals surface area contributed by atoms with Crippen LogP contribution in [0.4, 0.5) is 0 Å². The monoisotopic (exact) mass is 384 g/mol. The van der Waals surface area contributed by atoms with Gasteiger partial charge in [0.05, 0.1) is 12.0 Å². The molecule has 1 aromatic heterocycles. The summed E-state index contributed by atoms with van der Waals surface area (Å²) in [6.45, 7) is 6.73. The molecule has 0 unspecified atom stereocenters. The van der Waals surface area contributed by atoms with Gasteiger partial charge in [0.1, 0.15) is 5.75 Å². The Balaban J connectivity index is 1.32. The molecule has 0 saturated carbocycles. The summed E-state index contributed by atoms with van der Waals surface area (Å²) in [6.07, 6.45) is 3.53. The zero-order valence-electron chi connectivity index (χ0n) is 16.2. The number of amides is 1. The Morgan fingerprint density at radius 1 is 1.19 bits per heavy atom. The number of piperazine rings is 1. The number of hydrogen-bond donors (Lipinski definition) is 0. The van der Waals surface area contributed by atoms with Gasteiger partial charge in [0.25, 0.3) is 5.91 Å². The van der Waals surface area contributed by atoms with E-state index < -0.39 is 0 Å². The van der Waals surface area contributed by atoms with E-state index in [0.29, 0.717) is 0 Å². The lowest BCUT2D eigenvalue weighted by Gasteiger charge is -2.34. The van der Waals surface area contributed by atoms with Crippen LogP contribution in [0.5, 0.6) is 5.75 Å². The number of ether oxygens (including phenoxy) is 1. The number of thiophene rings is 1. The summed E-state index contributed by atoms with van der Waals surface area (Å²) >= 11 is 1.73. The van der Waals surface area contributed by atoms with Crippen LogP contribution in [-0.2, 0) is 19.4 Å². The van der Waals surface area contributed by atoms with Crippen LogP contribution < -0.4 is 4.74 Å². The van der Waals surface area contributed by atoms with Gasteiger partial charge in [-0.1, -0.05) is 19.1 Å². The van der Waals surface area contributed by atoms with Gasteiger partial charge in [0, 0.05) is 37.6 Å². The van der Waals surface area contributed by atoms with Gasteiger partial charge in [-0.25, -0.2) is 0 Å². The molecule has 1 aliphatic carbocycles. The second-order valence-electron chi connectivity index (χ2n) is 7.82. The molecular formula is C22H28N2O2S. The molecule has 1 fully saturated rings. The van der Waals surface area contributed by atoms with Crippen LogP contribution in [0.3, 0.4) is 0 Å². The molecule has 2 heterocycles. The second kappa shape index (κ2) is 8.03. The maximum Gasteiger partial charge on any atom is 0.264 e. The first-order valence-corrected chi connectivity index (χ1v) is 10.7. The van der Waals surface area contributed by atoms with Crippen molar-refractivity contribution in [1.82, 2.24) is 9.80 Å². The first-order chi connectivity index (χ1) is 13.1. The first-order valence-electron chi connectivity index (χ1n) is 9.88. The van der Waals surface area contributed by atoms with Gasteiger partial charge in [-0.3, -0.25) is 9.69 Å². The summed E-state index contributed by atoms with van der Waals surface area (Å²) in [5.74, 6) is 1.87. The molecule has 0 spiro atoms. The van der Waals surface area contributed by atoms with Crippen LogP contribution >= 0.6 is 11.3 Å². The molecule has 1 atom stereocenters. The molecule has 4 rings (SSSR count). The molecule has 1 saturated heterocycles. The van der Waals surface area contributed by atoms with Crippen molar-refractivity contribution in [2.45, 2.75) is 32.7 Å². The van der Waals surface area contributed by atoms with Gasteiger partial charge < -0.3 is 9.64 Å². The third-order valence-corrected chi connectivity index (χ3v) is 6.99. The van der Waals surface area contributed by atoms with Crippen molar-refractivity contribution in [3.8, 4) is 5.75 Å². The Morgan fingerprint density at radius 3 is 2.63 bits per heavy atom. The second-order valence-corrected chi connectivity index (χ2v) is 8.96. The van der Waals surface area contributed by atoms with Gasteiger partial charge in [-0.15, -0.1) is 11.3 Å². The Kier molecular flexibility index (Phi) is 5.50. The molecule has 2 aromatic rings. The summed E-state index contributed by atoms with van der Waals surface area (Å²) in [7, 11) is 1.69. The fraction of sp³-hybridized carbons (Fsp3) is 0.500. The number of carbonyl (C=O) groups excluding carboxylic acids is 1. The largest absolute Gasteiger partial charge is 0.497 e. The lowest BCUT2D eigenvalue weighted by atomic mass is 9.90. The summed E-state index contributed by atoms with van der Waals surface area (Å²) in [5, 5.41) is 0. The van der Waals surface area contributed by atoms with Gasteiger partial charge in [0.2, 0.25) is 0 Å². The van der Waals surface area contributed by atoms with Gasteiger partial charge >= 0.3 is 0 Å². The molecule has 4 nitrogen and oxygen atoms in total. The molecule has 0 bridgehead atoms. The number of fused-ring (bicyclic) bond motifs is 1. The lowest BCUT2D eigenvalue weighted by molar-refractivity contribution is 0.0633. The predicted octanol–water partition coefficient (Wildman–Crippen LogP) is 3.84.